The van der Waals surface area contributed by atoms with Gasteiger partial charge in [-0.3, -0.25) is 5.43 Å². The van der Waals surface area contributed by atoms with Crippen molar-refractivity contribution in [1.82, 2.24) is 10.7 Å². The molecule has 1 aromatic carbocycles. The lowest BCUT2D eigenvalue weighted by Crippen LogP contribution is -2.31. The van der Waals surface area contributed by atoms with Gasteiger partial charge in [0.25, 0.3) is 0 Å². The Bertz CT molecular complexity index is 421. The van der Waals surface area contributed by atoms with Crippen molar-refractivity contribution >= 4 is 23.5 Å². The summed E-state index contributed by atoms with van der Waals surface area (Å²) in [6, 6.07) is 4.89. The second-order valence-corrected chi connectivity index (χ2v) is 3.56. The summed E-state index contributed by atoms with van der Waals surface area (Å²) in [6.07, 6.45) is 1.47. The largest absolute Gasteiger partial charge is 0.507 e. The highest BCUT2D eigenvalue weighted by atomic mass is 32.1. The number of hydrazone groups is 1. The summed E-state index contributed by atoms with van der Waals surface area (Å²) in [4.78, 5) is 0. The van der Waals surface area contributed by atoms with E-state index in [2.05, 4.69) is 15.8 Å². The number of nitrogens with one attached hydrogen (secondary N) is 2. The Labute approximate surface area is 105 Å². The summed E-state index contributed by atoms with van der Waals surface area (Å²) in [6.45, 7) is 2.66. The molecule has 0 unspecified atom stereocenters. The first-order valence-corrected chi connectivity index (χ1v) is 5.52. The van der Waals surface area contributed by atoms with Crippen molar-refractivity contribution in [2.45, 2.75) is 6.92 Å². The highest BCUT2D eigenvalue weighted by molar-refractivity contribution is 7.80. The normalized spacial score (nSPS) is 10.2. The highest BCUT2D eigenvalue weighted by Gasteiger charge is 2.00. The minimum Gasteiger partial charge on any atom is -0.507 e. The van der Waals surface area contributed by atoms with Gasteiger partial charge in [0.05, 0.1) is 13.3 Å². The molecule has 0 bridgehead atoms. The zero-order valence-electron chi connectivity index (χ0n) is 9.73. The van der Waals surface area contributed by atoms with E-state index >= 15 is 0 Å². The third kappa shape index (κ3) is 4.28. The lowest BCUT2D eigenvalue weighted by molar-refractivity contribution is 0.412. The van der Waals surface area contributed by atoms with Crippen LogP contribution in [0, 0.1) is 0 Å². The molecule has 0 aromatic heterocycles. The van der Waals surface area contributed by atoms with E-state index < -0.39 is 0 Å². The van der Waals surface area contributed by atoms with Crippen LogP contribution in [-0.4, -0.2) is 30.1 Å². The lowest BCUT2D eigenvalue weighted by Gasteiger charge is -2.04. The first-order valence-electron chi connectivity index (χ1n) is 5.11. The predicted octanol–water partition coefficient (Wildman–Crippen LogP) is 1.22. The van der Waals surface area contributed by atoms with Crippen molar-refractivity contribution in [3.8, 4) is 11.5 Å². The molecular formula is C11H15N3O2S. The van der Waals surface area contributed by atoms with Crippen LogP contribution in [-0.2, 0) is 0 Å². The predicted molar refractivity (Wildman–Crippen MR) is 71.7 cm³/mol. The van der Waals surface area contributed by atoms with E-state index in [1.54, 1.807) is 25.3 Å². The highest BCUT2D eigenvalue weighted by Crippen LogP contribution is 2.20. The minimum atomic E-state index is 0.130. The zero-order valence-corrected chi connectivity index (χ0v) is 10.5. The maximum atomic E-state index is 9.58. The van der Waals surface area contributed by atoms with E-state index in [0.717, 1.165) is 6.54 Å². The first-order chi connectivity index (χ1) is 8.17. The van der Waals surface area contributed by atoms with Gasteiger partial charge in [0.2, 0.25) is 0 Å². The quantitative estimate of drug-likeness (QED) is 0.428. The molecule has 0 aliphatic rings. The summed E-state index contributed by atoms with van der Waals surface area (Å²) in [7, 11) is 1.56. The van der Waals surface area contributed by atoms with E-state index in [9.17, 15) is 5.11 Å². The number of methoxy groups -OCH3 is 1. The fourth-order valence-electron chi connectivity index (χ4n) is 1.12. The van der Waals surface area contributed by atoms with Gasteiger partial charge in [-0.05, 0) is 37.3 Å². The molecule has 0 radical (unpaired) electrons. The summed E-state index contributed by atoms with van der Waals surface area (Å²) >= 11 is 4.93. The van der Waals surface area contributed by atoms with Gasteiger partial charge in [0.1, 0.15) is 11.5 Å². The summed E-state index contributed by atoms with van der Waals surface area (Å²) in [5.74, 6) is 0.782. The van der Waals surface area contributed by atoms with Crippen LogP contribution < -0.4 is 15.5 Å². The lowest BCUT2D eigenvalue weighted by atomic mass is 10.2. The molecule has 3 N–H and O–H groups in total. The first kappa shape index (κ1) is 13.2. The van der Waals surface area contributed by atoms with Crippen LogP contribution in [0.1, 0.15) is 12.5 Å². The van der Waals surface area contributed by atoms with Crippen LogP contribution in [0.25, 0.3) is 0 Å². The monoisotopic (exact) mass is 253 g/mol. The molecule has 1 aromatic rings. The molecule has 0 fully saturated rings. The Morgan fingerprint density at radius 1 is 1.59 bits per heavy atom. The molecular weight excluding hydrogens is 238 g/mol. The van der Waals surface area contributed by atoms with E-state index in [-0.39, 0.29) is 5.75 Å². The second kappa shape index (κ2) is 6.70. The standard InChI is InChI=1S/C11H15N3O2S/c1-3-12-11(17)14-13-7-8-6-9(16-2)4-5-10(8)15/h4-7,15H,3H2,1-2H3,(H2,12,14,17)/b13-7-. The molecule has 1 rings (SSSR count). The fraction of sp³-hybridized carbons (Fsp3) is 0.273. The summed E-state index contributed by atoms with van der Waals surface area (Å²) < 4.78 is 5.04. The molecule has 92 valence electrons. The van der Waals surface area contributed by atoms with Gasteiger partial charge in [-0.25, -0.2) is 0 Å². The van der Waals surface area contributed by atoms with E-state index in [4.69, 9.17) is 17.0 Å². The molecule has 17 heavy (non-hydrogen) atoms. The van der Waals surface area contributed by atoms with Crippen molar-refractivity contribution in [2.75, 3.05) is 13.7 Å². The molecule has 0 aliphatic carbocycles. The van der Waals surface area contributed by atoms with Gasteiger partial charge in [0.15, 0.2) is 5.11 Å². The van der Waals surface area contributed by atoms with Gasteiger partial charge >= 0.3 is 0 Å². The SMILES string of the molecule is CCNC(=S)N/N=C\c1cc(OC)ccc1O. The number of hydrogen-bond acceptors (Lipinski definition) is 4. The van der Waals surface area contributed by atoms with Gasteiger partial charge in [-0.15, -0.1) is 0 Å². The molecule has 0 aliphatic heterocycles. The number of benzene rings is 1. The van der Waals surface area contributed by atoms with Gasteiger partial charge in [-0.1, -0.05) is 0 Å². The van der Waals surface area contributed by atoms with Crippen molar-refractivity contribution in [1.29, 1.82) is 0 Å². The van der Waals surface area contributed by atoms with Crippen molar-refractivity contribution in [2.24, 2.45) is 5.10 Å². The van der Waals surface area contributed by atoms with E-state index in [1.165, 1.54) is 6.21 Å². The average Bonchev–Trinajstić information content (AvgIpc) is 2.32. The van der Waals surface area contributed by atoms with Crippen LogP contribution in [0.5, 0.6) is 11.5 Å². The van der Waals surface area contributed by atoms with Crippen molar-refractivity contribution in [3.05, 3.63) is 23.8 Å². The van der Waals surface area contributed by atoms with Crippen LogP contribution in [0.2, 0.25) is 0 Å². The number of phenolic OH excluding ortho intramolecular Hbond substituents is 1. The van der Waals surface area contributed by atoms with Crippen molar-refractivity contribution in [3.63, 3.8) is 0 Å². The summed E-state index contributed by atoms with van der Waals surface area (Å²) in [5, 5.41) is 16.8. The molecule has 0 saturated carbocycles. The Kier molecular flexibility index (Phi) is 5.22. The maximum absolute atomic E-state index is 9.58. The number of aromatic hydroxyl groups is 1. The number of thiocarbonyl (C=S) groups is 1. The molecule has 0 spiro atoms. The molecule has 0 amide bonds. The van der Waals surface area contributed by atoms with E-state index in [1.807, 2.05) is 6.92 Å². The molecule has 0 atom stereocenters. The van der Waals surface area contributed by atoms with Gasteiger partial charge in [0, 0.05) is 12.1 Å². The third-order valence-electron chi connectivity index (χ3n) is 1.94. The molecule has 6 heteroatoms. The minimum absolute atomic E-state index is 0.130. The Morgan fingerprint density at radius 3 is 3.00 bits per heavy atom. The topological polar surface area (TPSA) is 65.9 Å². The van der Waals surface area contributed by atoms with E-state index in [0.29, 0.717) is 16.4 Å². The zero-order chi connectivity index (χ0) is 12.7. The van der Waals surface area contributed by atoms with Gasteiger partial charge < -0.3 is 15.2 Å². The second-order valence-electron chi connectivity index (χ2n) is 3.15. The summed E-state index contributed by atoms with van der Waals surface area (Å²) in [5.41, 5.74) is 3.19. The number of phenols is 1. The third-order valence-corrected chi connectivity index (χ3v) is 2.18. The number of rotatable bonds is 4. The average molecular weight is 253 g/mol. The number of nitrogens with zero attached hydrogens (tertiary/aromatic N) is 1. The number of hydrogen-bond donors (Lipinski definition) is 3. The fourth-order valence-corrected chi connectivity index (χ4v) is 1.32. The maximum Gasteiger partial charge on any atom is 0.186 e. The van der Waals surface area contributed by atoms with Gasteiger partial charge in [-0.2, -0.15) is 5.10 Å². The Hall–Kier alpha value is -1.82. The molecule has 0 heterocycles. The van der Waals surface area contributed by atoms with Crippen LogP contribution in [0.4, 0.5) is 0 Å². The van der Waals surface area contributed by atoms with Crippen LogP contribution in [0.3, 0.4) is 0 Å². The van der Waals surface area contributed by atoms with Crippen LogP contribution in [0.15, 0.2) is 23.3 Å². The van der Waals surface area contributed by atoms with Crippen LogP contribution >= 0.6 is 12.2 Å². The Balaban J connectivity index is 2.67. The van der Waals surface area contributed by atoms with Crippen molar-refractivity contribution < 1.29 is 9.84 Å². The number of ether oxygens (including phenoxy) is 1. The molecule has 0 saturated heterocycles. The molecule has 5 nitrogen and oxygen atoms in total. The Morgan fingerprint density at radius 2 is 2.35 bits per heavy atom. The smallest absolute Gasteiger partial charge is 0.186 e.